The maximum Gasteiger partial charge on any atom is 0.319 e. The number of carbonyl (C=O) groups excluding carboxylic acids is 2. The molecule has 0 aromatic heterocycles. The van der Waals surface area contributed by atoms with Crippen LogP contribution in [0.1, 0.15) is 19.3 Å². The molecule has 6 heteroatoms. The zero-order valence-corrected chi connectivity index (χ0v) is 8.17. The number of nitrogens with zero attached hydrogens (tertiary/aromatic N) is 1. The van der Waals surface area contributed by atoms with Crippen molar-refractivity contribution in [2.24, 2.45) is 5.10 Å². The van der Waals surface area contributed by atoms with Crippen molar-refractivity contribution in [2.75, 3.05) is 6.54 Å². The Bertz CT molecular complexity index is 359. The first kappa shape index (κ1) is 9.70. The summed E-state index contributed by atoms with van der Waals surface area (Å²) in [6.45, 7) is 0.620. The van der Waals surface area contributed by atoms with E-state index in [9.17, 15) is 9.59 Å². The average Bonchev–Trinajstić information content (AvgIpc) is 2.44. The summed E-state index contributed by atoms with van der Waals surface area (Å²) in [5.74, 6) is -0.0857. The number of amides is 3. The molecule has 0 aromatic rings. The highest BCUT2D eigenvalue weighted by atomic mass is 16.2. The maximum absolute atomic E-state index is 11.2. The van der Waals surface area contributed by atoms with Gasteiger partial charge in [0, 0.05) is 19.4 Å². The molecule has 0 unspecified atom stereocenters. The van der Waals surface area contributed by atoms with Gasteiger partial charge in [0.25, 0.3) is 0 Å². The highest BCUT2D eigenvalue weighted by Crippen LogP contribution is 2.08. The van der Waals surface area contributed by atoms with Gasteiger partial charge in [-0.2, -0.15) is 5.10 Å². The van der Waals surface area contributed by atoms with E-state index in [1.807, 2.05) is 6.08 Å². The fraction of sp³-hybridized carbons (Fsp3) is 0.444. The minimum Gasteiger partial charge on any atom is -0.338 e. The minimum absolute atomic E-state index is 0.0857. The van der Waals surface area contributed by atoms with Crippen LogP contribution >= 0.6 is 0 Å². The molecule has 0 spiro atoms. The smallest absolute Gasteiger partial charge is 0.319 e. The molecule has 0 fully saturated rings. The Morgan fingerprint density at radius 1 is 1.27 bits per heavy atom. The molecule has 2 rings (SSSR count). The lowest BCUT2D eigenvalue weighted by Crippen LogP contribution is -2.37. The summed E-state index contributed by atoms with van der Waals surface area (Å²) in [5.41, 5.74) is 3.83. The van der Waals surface area contributed by atoms with Crippen molar-refractivity contribution in [1.82, 2.24) is 16.1 Å². The van der Waals surface area contributed by atoms with Crippen LogP contribution in [0.3, 0.4) is 0 Å². The molecule has 2 heterocycles. The van der Waals surface area contributed by atoms with Crippen molar-refractivity contribution in [3.63, 3.8) is 0 Å². The van der Waals surface area contributed by atoms with E-state index in [1.54, 1.807) is 0 Å². The quantitative estimate of drug-likeness (QED) is 0.559. The third kappa shape index (κ3) is 2.34. The molecule has 0 aromatic carbocycles. The Morgan fingerprint density at radius 2 is 2.13 bits per heavy atom. The van der Waals surface area contributed by atoms with Crippen molar-refractivity contribution >= 4 is 17.6 Å². The van der Waals surface area contributed by atoms with E-state index < -0.39 is 0 Å². The molecule has 0 bridgehead atoms. The van der Waals surface area contributed by atoms with Crippen LogP contribution in [0.2, 0.25) is 0 Å². The summed E-state index contributed by atoms with van der Waals surface area (Å²) < 4.78 is 0. The van der Waals surface area contributed by atoms with Gasteiger partial charge in [-0.25, -0.2) is 10.2 Å². The summed E-state index contributed by atoms with van der Waals surface area (Å²) in [5, 5.41) is 9.29. The van der Waals surface area contributed by atoms with E-state index in [1.165, 1.54) is 0 Å². The van der Waals surface area contributed by atoms with E-state index in [0.717, 1.165) is 12.1 Å². The van der Waals surface area contributed by atoms with Crippen LogP contribution in [0.15, 0.2) is 16.9 Å². The predicted octanol–water partition coefficient (Wildman–Crippen LogP) is -0.161. The van der Waals surface area contributed by atoms with Crippen molar-refractivity contribution < 1.29 is 9.59 Å². The first-order valence-electron chi connectivity index (χ1n) is 4.86. The van der Waals surface area contributed by atoms with Crippen molar-refractivity contribution in [1.29, 1.82) is 0 Å². The summed E-state index contributed by atoms with van der Waals surface area (Å²) in [4.78, 5) is 22.1. The van der Waals surface area contributed by atoms with Gasteiger partial charge in [-0.05, 0) is 6.42 Å². The lowest BCUT2D eigenvalue weighted by Gasteiger charge is -2.14. The number of hydrazone groups is 1. The van der Waals surface area contributed by atoms with Crippen LogP contribution in [-0.2, 0) is 4.79 Å². The second-order valence-electron chi connectivity index (χ2n) is 3.38. The van der Waals surface area contributed by atoms with Crippen LogP contribution in [0.25, 0.3) is 0 Å². The number of urea groups is 1. The molecule has 0 radical (unpaired) electrons. The topological polar surface area (TPSA) is 82.6 Å². The maximum atomic E-state index is 11.2. The molecule has 2 aliphatic heterocycles. The van der Waals surface area contributed by atoms with Gasteiger partial charge in [0.1, 0.15) is 0 Å². The van der Waals surface area contributed by atoms with E-state index >= 15 is 0 Å². The average molecular weight is 208 g/mol. The minimum atomic E-state index is -0.224. The molecule has 15 heavy (non-hydrogen) atoms. The van der Waals surface area contributed by atoms with Crippen LogP contribution in [0.4, 0.5) is 4.79 Å². The van der Waals surface area contributed by atoms with Crippen molar-refractivity contribution in [3.05, 3.63) is 11.8 Å². The number of carbonyl (C=O) groups is 2. The lowest BCUT2D eigenvalue weighted by molar-refractivity contribution is -0.121. The zero-order valence-electron chi connectivity index (χ0n) is 8.17. The van der Waals surface area contributed by atoms with Gasteiger partial charge in [-0.1, -0.05) is 6.08 Å². The highest BCUT2D eigenvalue weighted by molar-refractivity contribution is 6.05. The molecule has 80 valence electrons. The number of hydrogen-bond acceptors (Lipinski definition) is 3. The lowest BCUT2D eigenvalue weighted by atomic mass is 10.1. The number of rotatable bonds is 1. The number of allylic oxidation sites excluding steroid dienone is 1. The molecule has 0 saturated carbocycles. The Morgan fingerprint density at radius 3 is 2.87 bits per heavy atom. The van der Waals surface area contributed by atoms with Gasteiger partial charge in [0.05, 0.1) is 11.4 Å². The van der Waals surface area contributed by atoms with Gasteiger partial charge in [-0.3, -0.25) is 4.79 Å². The van der Waals surface area contributed by atoms with Gasteiger partial charge in [0.2, 0.25) is 5.91 Å². The summed E-state index contributed by atoms with van der Waals surface area (Å²) in [6, 6.07) is -0.224. The first-order chi connectivity index (χ1) is 7.25. The summed E-state index contributed by atoms with van der Waals surface area (Å²) in [6.07, 6.45) is 3.66. The Kier molecular flexibility index (Phi) is 2.66. The van der Waals surface area contributed by atoms with Gasteiger partial charge in [0.15, 0.2) is 0 Å². The predicted molar refractivity (Wildman–Crippen MR) is 54.0 cm³/mol. The second kappa shape index (κ2) is 4.12. The van der Waals surface area contributed by atoms with Gasteiger partial charge < -0.3 is 10.6 Å². The molecule has 3 N–H and O–H groups in total. The first-order valence-corrected chi connectivity index (χ1v) is 4.86. The molecule has 0 aliphatic carbocycles. The van der Waals surface area contributed by atoms with Crippen molar-refractivity contribution in [2.45, 2.75) is 19.3 Å². The molecule has 2 aliphatic rings. The normalized spacial score (nSPS) is 21.6. The van der Waals surface area contributed by atoms with Crippen LogP contribution in [0, 0.1) is 0 Å². The molecule has 3 amide bonds. The van der Waals surface area contributed by atoms with Crippen LogP contribution in [0.5, 0.6) is 0 Å². The highest BCUT2D eigenvalue weighted by Gasteiger charge is 2.17. The Balaban J connectivity index is 2.12. The largest absolute Gasteiger partial charge is 0.338 e. The fourth-order valence-corrected chi connectivity index (χ4v) is 1.48. The standard InChI is InChI=1S/C9H12N4O2/c14-8-4-3-7(12-13-8)6-2-1-5-10-9(15)11-6/h2H,1,3-5H2,(H,13,14)(H2,10,11,15). The van der Waals surface area contributed by atoms with E-state index in [0.29, 0.717) is 25.1 Å². The third-order valence-electron chi connectivity index (χ3n) is 2.24. The van der Waals surface area contributed by atoms with E-state index in [-0.39, 0.29) is 11.9 Å². The van der Waals surface area contributed by atoms with Gasteiger partial charge in [-0.15, -0.1) is 0 Å². The molecular formula is C9H12N4O2. The van der Waals surface area contributed by atoms with E-state index in [2.05, 4.69) is 21.2 Å². The molecule has 0 saturated heterocycles. The number of hydrogen-bond donors (Lipinski definition) is 3. The zero-order chi connectivity index (χ0) is 10.7. The third-order valence-corrected chi connectivity index (χ3v) is 2.24. The van der Waals surface area contributed by atoms with Gasteiger partial charge >= 0.3 is 6.03 Å². The molecule has 0 atom stereocenters. The Hall–Kier alpha value is -1.85. The monoisotopic (exact) mass is 208 g/mol. The second-order valence-corrected chi connectivity index (χ2v) is 3.38. The fourth-order valence-electron chi connectivity index (χ4n) is 1.48. The molecular weight excluding hydrogens is 196 g/mol. The molecule has 6 nitrogen and oxygen atoms in total. The summed E-state index contributed by atoms with van der Waals surface area (Å²) >= 11 is 0. The van der Waals surface area contributed by atoms with Crippen molar-refractivity contribution in [3.8, 4) is 0 Å². The Labute approximate surface area is 86.8 Å². The number of nitrogens with one attached hydrogen (secondary N) is 3. The van der Waals surface area contributed by atoms with Crippen LogP contribution in [-0.4, -0.2) is 24.2 Å². The summed E-state index contributed by atoms with van der Waals surface area (Å²) in [7, 11) is 0. The SMILES string of the molecule is O=C1CCC(C2=CCCNC(=O)N2)=NN1. The van der Waals surface area contributed by atoms with E-state index in [4.69, 9.17) is 0 Å². The van der Waals surface area contributed by atoms with Crippen LogP contribution < -0.4 is 16.1 Å².